The first kappa shape index (κ1) is 15.4. The highest BCUT2D eigenvalue weighted by Crippen LogP contribution is 2.21. The third-order valence-corrected chi connectivity index (χ3v) is 2.71. The van der Waals surface area contributed by atoms with Crippen molar-refractivity contribution in [2.24, 2.45) is 0 Å². The third-order valence-electron chi connectivity index (χ3n) is 2.71. The van der Waals surface area contributed by atoms with E-state index in [1.165, 1.54) is 12.1 Å². The van der Waals surface area contributed by atoms with Gasteiger partial charge in [0.1, 0.15) is 12.4 Å². The minimum Gasteiger partial charge on any atom is -0.461 e. The molecule has 0 amide bonds. The van der Waals surface area contributed by atoms with Crippen molar-refractivity contribution < 1.29 is 18.8 Å². The Morgan fingerprint density at radius 2 is 2.32 bits per heavy atom. The second kappa shape index (κ2) is 7.11. The number of esters is 1. The van der Waals surface area contributed by atoms with Gasteiger partial charge >= 0.3 is 5.97 Å². The molecule has 7 nitrogen and oxygen atoms in total. The number of nitro groups is 1. The van der Waals surface area contributed by atoms with Crippen LogP contribution in [0.1, 0.15) is 5.56 Å². The molecule has 0 aliphatic carbocycles. The van der Waals surface area contributed by atoms with Gasteiger partial charge in [-0.3, -0.25) is 14.8 Å². The lowest BCUT2D eigenvalue weighted by atomic mass is 10.1. The van der Waals surface area contributed by atoms with E-state index in [-0.39, 0.29) is 12.2 Å². The minimum atomic E-state index is -0.717. The molecule has 1 aromatic heterocycles. The maximum absolute atomic E-state index is 13.0. The minimum absolute atomic E-state index is 0.121. The van der Waals surface area contributed by atoms with Gasteiger partial charge in [0.05, 0.1) is 23.1 Å². The van der Waals surface area contributed by atoms with Crippen molar-refractivity contribution in [2.75, 3.05) is 6.61 Å². The van der Waals surface area contributed by atoms with Crippen molar-refractivity contribution in [3.63, 3.8) is 0 Å². The van der Waals surface area contributed by atoms with Gasteiger partial charge in [0.2, 0.25) is 0 Å². The lowest BCUT2D eigenvalue weighted by Gasteiger charge is -2.02. The molecule has 8 heteroatoms. The van der Waals surface area contributed by atoms with Crippen LogP contribution < -0.4 is 0 Å². The second-order valence-corrected chi connectivity index (χ2v) is 4.23. The van der Waals surface area contributed by atoms with Gasteiger partial charge in [0, 0.05) is 18.5 Å². The number of benzene rings is 1. The van der Waals surface area contributed by atoms with Gasteiger partial charge < -0.3 is 4.74 Å². The topological polar surface area (TPSA) is 87.3 Å². The molecule has 0 radical (unpaired) electrons. The summed E-state index contributed by atoms with van der Waals surface area (Å²) in [4.78, 5) is 21.6. The van der Waals surface area contributed by atoms with Gasteiger partial charge in [-0.05, 0) is 24.3 Å². The van der Waals surface area contributed by atoms with Crippen LogP contribution in [0.3, 0.4) is 0 Å². The zero-order valence-electron chi connectivity index (χ0n) is 11.4. The third kappa shape index (κ3) is 4.23. The molecular weight excluding hydrogens is 293 g/mol. The van der Waals surface area contributed by atoms with E-state index in [2.05, 4.69) is 5.10 Å². The van der Waals surface area contributed by atoms with E-state index < -0.39 is 22.4 Å². The number of halogens is 1. The van der Waals surface area contributed by atoms with Gasteiger partial charge in [-0.1, -0.05) is 0 Å². The number of nitrogens with zero attached hydrogens (tertiary/aromatic N) is 3. The maximum atomic E-state index is 13.0. The van der Waals surface area contributed by atoms with Gasteiger partial charge in [-0.15, -0.1) is 0 Å². The summed E-state index contributed by atoms with van der Waals surface area (Å²) < 4.78 is 19.5. The molecule has 0 aliphatic heterocycles. The molecule has 0 aliphatic rings. The number of hydrogen-bond acceptors (Lipinski definition) is 5. The summed E-state index contributed by atoms with van der Waals surface area (Å²) >= 11 is 0. The SMILES string of the molecule is O=C(C=Cc1ccc(F)cc1[N+](=O)[O-])OCCn1cccn1. The zero-order chi connectivity index (χ0) is 15.9. The van der Waals surface area contributed by atoms with E-state index in [9.17, 15) is 19.3 Å². The summed E-state index contributed by atoms with van der Waals surface area (Å²) in [5, 5.41) is 14.7. The Bertz CT molecular complexity index is 698. The monoisotopic (exact) mass is 305 g/mol. The zero-order valence-corrected chi connectivity index (χ0v) is 11.4. The first-order valence-corrected chi connectivity index (χ1v) is 6.32. The van der Waals surface area contributed by atoms with Crippen molar-refractivity contribution in [2.45, 2.75) is 6.54 Å². The molecule has 2 aromatic rings. The van der Waals surface area contributed by atoms with E-state index in [0.717, 1.165) is 18.2 Å². The molecule has 114 valence electrons. The van der Waals surface area contributed by atoms with Crippen molar-refractivity contribution in [1.82, 2.24) is 9.78 Å². The average Bonchev–Trinajstić information content (AvgIpc) is 2.99. The second-order valence-electron chi connectivity index (χ2n) is 4.23. The lowest BCUT2D eigenvalue weighted by molar-refractivity contribution is -0.385. The predicted molar refractivity (Wildman–Crippen MR) is 75.3 cm³/mol. The molecule has 0 fully saturated rings. The van der Waals surface area contributed by atoms with E-state index in [1.54, 1.807) is 23.1 Å². The Morgan fingerprint density at radius 3 is 3.00 bits per heavy atom. The fourth-order valence-corrected chi connectivity index (χ4v) is 1.69. The van der Waals surface area contributed by atoms with Crippen LogP contribution in [0.5, 0.6) is 0 Å². The fourth-order valence-electron chi connectivity index (χ4n) is 1.69. The number of rotatable bonds is 6. The van der Waals surface area contributed by atoms with Crippen LogP contribution in [-0.4, -0.2) is 27.3 Å². The molecule has 0 saturated heterocycles. The maximum Gasteiger partial charge on any atom is 0.330 e. The average molecular weight is 305 g/mol. The molecule has 0 atom stereocenters. The van der Waals surface area contributed by atoms with Gasteiger partial charge in [-0.2, -0.15) is 5.10 Å². The summed E-state index contributed by atoms with van der Waals surface area (Å²) in [7, 11) is 0. The Kier molecular flexibility index (Phi) is 4.97. The van der Waals surface area contributed by atoms with Crippen molar-refractivity contribution in [3.8, 4) is 0 Å². The van der Waals surface area contributed by atoms with Crippen LogP contribution in [0.2, 0.25) is 0 Å². The van der Waals surface area contributed by atoms with Gasteiger partial charge in [-0.25, -0.2) is 9.18 Å². The largest absolute Gasteiger partial charge is 0.461 e. The molecule has 0 N–H and O–H groups in total. The number of hydrogen-bond donors (Lipinski definition) is 0. The fraction of sp³-hybridized carbons (Fsp3) is 0.143. The molecule has 22 heavy (non-hydrogen) atoms. The number of carbonyl (C=O) groups is 1. The number of ether oxygens (including phenoxy) is 1. The summed E-state index contributed by atoms with van der Waals surface area (Å²) in [5.41, 5.74) is -0.295. The normalized spacial score (nSPS) is 10.8. The molecule has 0 spiro atoms. The van der Waals surface area contributed by atoms with Crippen LogP contribution in [0.15, 0.2) is 42.7 Å². The van der Waals surface area contributed by atoms with Crippen LogP contribution in [-0.2, 0) is 16.1 Å². The van der Waals surface area contributed by atoms with Crippen LogP contribution >= 0.6 is 0 Å². The van der Waals surface area contributed by atoms with Crippen molar-refractivity contribution >= 4 is 17.7 Å². The highest BCUT2D eigenvalue weighted by molar-refractivity contribution is 5.87. The Hall–Kier alpha value is -3.03. The number of aromatic nitrogens is 2. The highest BCUT2D eigenvalue weighted by Gasteiger charge is 2.12. The van der Waals surface area contributed by atoms with E-state index in [4.69, 9.17) is 4.74 Å². The highest BCUT2D eigenvalue weighted by atomic mass is 19.1. The van der Waals surface area contributed by atoms with E-state index >= 15 is 0 Å². The number of nitro benzene ring substituents is 1. The summed E-state index contributed by atoms with van der Waals surface area (Å²) in [6.07, 6.45) is 5.61. The summed E-state index contributed by atoms with van der Waals surface area (Å²) in [5.74, 6) is -1.36. The number of carbonyl (C=O) groups excluding carboxylic acids is 1. The lowest BCUT2D eigenvalue weighted by Crippen LogP contribution is -2.09. The summed E-state index contributed by atoms with van der Waals surface area (Å²) in [6.45, 7) is 0.527. The molecular formula is C14H12FN3O4. The Balaban J connectivity index is 1.93. The molecule has 2 rings (SSSR count). The van der Waals surface area contributed by atoms with Crippen molar-refractivity contribution in [3.05, 3.63) is 64.2 Å². The quantitative estimate of drug-likeness (QED) is 0.353. The summed E-state index contributed by atoms with van der Waals surface area (Å²) in [6, 6.07) is 4.84. The Labute approximate surface area is 124 Å². The smallest absolute Gasteiger partial charge is 0.330 e. The Morgan fingerprint density at radius 1 is 1.50 bits per heavy atom. The first-order valence-electron chi connectivity index (χ1n) is 6.32. The molecule has 1 heterocycles. The molecule has 0 unspecified atom stereocenters. The van der Waals surface area contributed by atoms with E-state index in [0.29, 0.717) is 6.54 Å². The van der Waals surface area contributed by atoms with Gasteiger partial charge in [0.25, 0.3) is 5.69 Å². The molecule has 0 saturated carbocycles. The van der Waals surface area contributed by atoms with Crippen molar-refractivity contribution in [1.29, 1.82) is 0 Å². The first-order chi connectivity index (χ1) is 10.6. The molecule has 1 aromatic carbocycles. The predicted octanol–water partition coefficient (Wildman–Crippen LogP) is 2.19. The molecule has 0 bridgehead atoms. The van der Waals surface area contributed by atoms with Crippen LogP contribution in [0, 0.1) is 15.9 Å². The van der Waals surface area contributed by atoms with E-state index in [1.807, 2.05) is 0 Å². The van der Waals surface area contributed by atoms with Crippen LogP contribution in [0.4, 0.5) is 10.1 Å². The van der Waals surface area contributed by atoms with Crippen LogP contribution in [0.25, 0.3) is 6.08 Å². The standard InChI is InChI=1S/C14H12FN3O4/c15-12-4-2-11(13(10-12)18(20)21)3-5-14(19)22-9-8-17-7-1-6-16-17/h1-7,10H,8-9H2. The van der Waals surface area contributed by atoms with Gasteiger partial charge in [0.15, 0.2) is 0 Å².